The summed E-state index contributed by atoms with van der Waals surface area (Å²) in [6.07, 6.45) is 0.492. The third kappa shape index (κ3) is 3.49. The van der Waals surface area contributed by atoms with Gasteiger partial charge in [-0.25, -0.2) is 4.98 Å². The molecule has 1 heterocycles. The van der Waals surface area contributed by atoms with E-state index in [4.69, 9.17) is 22.1 Å². The van der Waals surface area contributed by atoms with Crippen LogP contribution < -0.4 is 11.1 Å². The summed E-state index contributed by atoms with van der Waals surface area (Å²) >= 11 is 7.56. The first-order chi connectivity index (χ1) is 11.8. The van der Waals surface area contributed by atoms with E-state index < -0.39 is 11.0 Å². The molecule has 1 aromatic carbocycles. The second kappa shape index (κ2) is 7.82. The molecule has 1 fully saturated rings. The standard InChI is InChI=1S/C18H22ClN3O2S.ClH/c1-4-24-14-9-18(20,17(14,2)3)15(23)22-16-21-13(10-25-16)11-7-5-6-8-12(11)19;/h5-8,10,14H,4,9,20H2,1-3H3,(H,21,22,23);1H. The van der Waals surface area contributed by atoms with Gasteiger partial charge in [0.15, 0.2) is 5.13 Å². The van der Waals surface area contributed by atoms with E-state index in [1.807, 2.05) is 50.4 Å². The van der Waals surface area contributed by atoms with Gasteiger partial charge < -0.3 is 15.8 Å². The molecule has 3 N–H and O–H groups in total. The first-order valence-corrected chi connectivity index (χ1v) is 9.47. The highest BCUT2D eigenvalue weighted by Gasteiger charge is 2.63. The predicted octanol–water partition coefficient (Wildman–Crippen LogP) is 4.36. The number of nitrogens with one attached hydrogen (secondary N) is 1. The second-order valence-corrected chi connectivity index (χ2v) is 8.08. The number of hydrogen-bond donors (Lipinski definition) is 2. The number of halogens is 2. The van der Waals surface area contributed by atoms with Crippen molar-refractivity contribution in [2.24, 2.45) is 11.1 Å². The maximum absolute atomic E-state index is 12.7. The van der Waals surface area contributed by atoms with Crippen molar-refractivity contribution in [1.29, 1.82) is 0 Å². The highest BCUT2D eigenvalue weighted by molar-refractivity contribution is 7.14. The Bertz CT molecular complexity index is 796. The Morgan fingerprint density at radius 3 is 2.77 bits per heavy atom. The minimum absolute atomic E-state index is 0. The summed E-state index contributed by atoms with van der Waals surface area (Å²) in [7, 11) is 0. The Hall–Kier alpha value is -1.18. The van der Waals surface area contributed by atoms with Gasteiger partial charge in [0.1, 0.15) is 5.54 Å². The highest BCUT2D eigenvalue weighted by Crippen LogP contribution is 2.50. The van der Waals surface area contributed by atoms with Crippen molar-refractivity contribution >= 4 is 46.4 Å². The zero-order chi connectivity index (χ0) is 18.2. The largest absolute Gasteiger partial charge is 0.378 e. The fourth-order valence-corrected chi connectivity index (χ4v) is 4.09. The van der Waals surface area contributed by atoms with E-state index in [0.29, 0.717) is 23.2 Å². The fraction of sp³-hybridized carbons (Fsp3) is 0.444. The molecule has 142 valence electrons. The molecular weight excluding hydrogens is 393 g/mol. The normalized spacial score (nSPS) is 23.7. The molecule has 0 spiro atoms. The molecule has 8 heteroatoms. The zero-order valence-corrected chi connectivity index (χ0v) is 17.3. The van der Waals surface area contributed by atoms with Crippen LogP contribution in [0, 0.1) is 5.41 Å². The number of nitrogens with two attached hydrogens (primary N) is 1. The lowest BCUT2D eigenvalue weighted by molar-refractivity contribution is -0.166. The van der Waals surface area contributed by atoms with Crippen molar-refractivity contribution in [3.05, 3.63) is 34.7 Å². The van der Waals surface area contributed by atoms with Crippen LogP contribution in [-0.4, -0.2) is 29.1 Å². The van der Waals surface area contributed by atoms with Gasteiger partial charge in [-0.1, -0.05) is 43.6 Å². The summed E-state index contributed by atoms with van der Waals surface area (Å²) in [5, 5.41) is 5.87. The van der Waals surface area contributed by atoms with Crippen LogP contribution in [0.15, 0.2) is 29.6 Å². The molecular formula is C18H23Cl2N3O2S. The first-order valence-electron chi connectivity index (χ1n) is 8.22. The van der Waals surface area contributed by atoms with Gasteiger partial charge in [-0.15, -0.1) is 23.7 Å². The summed E-state index contributed by atoms with van der Waals surface area (Å²) in [6.45, 7) is 6.48. The van der Waals surface area contributed by atoms with Crippen molar-refractivity contribution in [2.75, 3.05) is 11.9 Å². The molecule has 0 aliphatic heterocycles. The molecule has 1 amide bonds. The van der Waals surface area contributed by atoms with E-state index >= 15 is 0 Å². The van der Waals surface area contributed by atoms with Crippen LogP contribution in [0.3, 0.4) is 0 Å². The molecule has 1 aliphatic carbocycles. The van der Waals surface area contributed by atoms with Crippen molar-refractivity contribution in [3.63, 3.8) is 0 Å². The number of hydrogen-bond acceptors (Lipinski definition) is 5. The van der Waals surface area contributed by atoms with Crippen molar-refractivity contribution in [2.45, 2.75) is 38.8 Å². The predicted molar refractivity (Wildman–Crippen MR) is 109 cm³/mol. The number of anilines is 1. The average Bonchev–Trinajstić information content (AvgIpc) is 3.03. The van der Waals surface area contributed by atoms with Crippen LogP contribution in [0.25, 0.3) is 11.3 Å². The van der Waals surface area contributed by atoms with E-state index in [2.05, 4.69) is 10.3 Å². The van der Waals surface area contributed by atoms with E-state index in [1.165, 1.54) is 11.3 Å². The third-order valence-electron chi connectivity index (χ3n) is 5.11. The molecule has 3 rings (SSSR count). The minimum Gasteiger partial charge on any atom is -0.378 e. The summed E-state index contributed by atoms with van der Waals surface area (Å²) in [5.74, 6) is -0.228. The van der Waals surface area contributed by atoms with Gasteiger partial charge in [0, 0.05) is 34.4 Å². The Kier molecular flexibility index (Phi) is 6.36. The Morgan fingerprint density at radius 1 is 1.46 bits per heavy atom. The van der Waals surface area contributed by atoms with E-state index in [-0.39, 0.29) is 24.4 Å². The van der Waals surface area contributed by atoms with Gasteiger partial charge in [-0.3, -0.25) is 4.79 Å². The SMILES string of the molecule is CCOC1CC(N)(C(=O)Nc2nc(-c3ccccc3Cl)cs2)C1(C)C.Cl. The molecule has 5 nitrogen and oxygen atoms in total. The first kappa shape index (κ1) is 21.1. The molecule has 1 aromatic heterocycles. The van der Waals surface area contributed by atoms with Crippen LogP contribution in [0.2, 0.25) is 5.02 Å². The Morgan fingerprint density at radius 2 is 2.15 bits per heavy atom. The number of aromatic nitrogens is 1. The lowest BCUT2D eigenvalue weighted by atomic mass is 9.54. The van der Waals surface area contributed by atoms with E-state index in [9.17, 15) is 4.79 Å². The number of thiazole rings is 1. The smallest absolute Gasteiger partial charge is 0.246 e. The highest BCUT2D eigenvalue weighted by atomic mass is 35.5. The van der Waals surface area contributed by atoms with Gasteiger partial charge in [-0.2, -0.15) is 0 Å². The lowest BCUT2D eigenvalue weighted by Crippen LogP contribution is -2.74. The van der Waals surface area contributed by atoms with Crippen LogP contribution in [-0.2, 0) is 9.53 Å². The Balaban J connectivity index is 0.00000243. The average molecular weight is 416 g/mol. The lowest BCUT2D eigenvalue weighted by Gasteiger charge is -2.57. The van der Waals surface area contributed by atoms with E-state index in [1.54, 1.807) is 0 Å². The molecule has 0 radical (unpaired) electrons. The maximum Gasteiger partial charge on any atom is 0.246 e. The zero-order valence-electron chi connectivity index (χ0n) is 14.9. The molecule has 0 saturated heterocycles. The summed E-state index contributed by atoms with van der Waals surface area (Å²) < 4.78 is 5.68. The minimum atomic E-state index is -0.969. The maximum atomic E-state index is 12.7. The van der Waals surface area contributed by atoms with Gasteiger partial charge >= 0.3 is 0 Å². The summed E-state index contributed by atoms with van der Waals surface area (Å²) in [4.78, 5) is 17.2. The van der Waals surface area contributed by atoms with Crippen molar-refractivity contribution in [3.8, 4) is 11.3 Å². The van der Waals surface area contributed by atoms with Crippen molar-refractivity contribution in [1.82, 2.24) is 4.98 Å². The quantitative estimate of drug-likeness (QED) is 0.760. The van der Waals surface area contributed by atoms with Gasteiger partial charge in [-0.05, 0) is 13.0 Å². The van der Waals surface area contributed by atoms with Crippen LogP contribution in [0.4, 0.5) is 5.13 Å². The number of ether oxygens (including phenoxy) is 1. The number of carbonyl (C=O) groups is 1. The fourth-order valence-electron chi connectivity index (χ4n) is 3.15. The Labute approximate surface area is 168 Å². The molecule has 1 aliphatic rings. The summed E-state index contributed by atoms with van der Waals surface area (Å²) in [5.41, 5.74) is 6.56. The number of rotatable bonds is 5. The molecule has 26 heavy (non-hydrogen) atoms. The third-order valence-corrected chi connectivity index (χ3v) is 6.20. The van der Waals surface area contributed by atoms with Crippen LogP contribution >= 0.6 is 35.3 Å². The number of carbonyl (C=O) groups excluding carboxylic acids is 1. The molecule has 0 bridgehead atoms. The number of amides is 1. The van der Waals surface area contributed by atoms with Crippen molar-refractivity contribution < 1.29 is 9.53 Å². The van der Waals surface area contributed by atoms with E-state index in [0.717, 1.165) is 11.3 Å². The molecule has 2 aromatic rings. The monoisotopic (exact) mass is 415 g/mol. The summed E-state index contributed by atoms with van der Waals surface area (Å²) in [6, 6.07) is 7.48. The molecule has 2 atom stereocenters. The second-order valence-electron chi connectivity index (χ2n) is 6.81. The molecule has 2 unspecified atom stereocenters. The van der Waals surface area contributed by atoms with Gasteiger partial charge in [0.2, 0.25) is 5.91 Å². The van der Waals surface area contributed by atoms with Crippen LogP contribution in [0.1, 0.15) is 27.2 Å². The van der Waals surface area contributed by atoms with Gasteiger partial charge in [0.05, 0.1) is 11.8 Å². The van der Waals surface area contributed by atoms with Gasteiger partial charge in [0.25, 0.3) is 0 Å². The number of benzene rings is 1. The number of nitrogens with zero attached hydrogens (tertiary/aromatic N) is 1. The van der Waals surface area contributed by atoms with Crippen LogP contribution in [0.5, 0.6) is 0 Å². The topological polar surface area (TPSA) is 77.2 Å². The molecule has 1 saturated carbocycles.